The molecule has 0 aliphatic heterocycles. The van der Waals surface area contributed by atoms with Crippen LogP contribution in [-0.4, -0.2) is 23.9 Å². The second-order valence-electron chi connectivity index (χ2n) is 5.49. The first kappa shape index (κ1) is 27.4. The molecule has 0 aliphatic rings. The molecule has 9 heteroatoms. The van der Waals surface area contributed by atoms with Crippen molar-refractivity contribution >= 4 is 23.9 Å². The maximum Gasteiger partial charge on any atom is 2.00 e. The number of esters is 2. The molecule has 31 heavy (non-hydrogen) atoms. The molecule has 0 saturated carbocycles. The molecule has 0 amide bonds. The fraction of sp³-hybridized carbons (Fsp3) is 0.0909. The zero-order chi connectivity index (χ0) is 22.2. The van der Waals surface area contributed by atoms with E-state index in [9.17, 15) is 29.4 Å². The van der Waals surface area contributed by atoms with Crippen molar-refractivity contribution in [2.45, 2.75) is 13.2 Å². The number of rotatable bonds is 8. The number of hydrogen-bond acceptors (Lipinski definition) is 8. The summed E-state index contributed by atoms with van der Waals surface area (Å²) in [6.45, 7) is 0.244. The summed E-state index contributed by atoms with van der Waals surface area (Å²) in [6, 6.07) is 18.2. The van der Waals surface area contributed by atoms with Gasteiger partial charge in [0.15, 0.2) is 0 Å². The monoisotopic (exact) mass is 474 g/mol. The summed E-state index contributed by atoms with van der Waals surface area (Å²) >= 11 is 0. The first-order chi connectivity index (χ1) is 14.4. The van der Waals surface area contributed by atoms with Crippen molar-refractivity contribution in [1.82, 2.24) is 0 Å². The molecule has 0 unspecified atom stereocenters. The molecule has 0 aliphatic carbocycles. The molecule has 2 rings (SSSR count). The van der Waals surface area contributed by atoms with Crippen LogP contribution in [0.5, 0.6) is 0 Å². The number of aliphatic carboxylic acids is 2. The summed E-state index contributed by atoms with van der Waals surface area (Å²) in [5.41, 5.74) is 1.68. The van der Waals surface area contributed by atoms with Gasteiger partial charge in [-0.2, -0.15) is 0 Å². The minimum absolute atomic E-state index is 0. The molecule has 0 radical (unpaired) electrons. The molecule has 0 heterocycles. The third-order valence-corrected chi connectivity index (χ3v) is 3.16. The summed E-state index contributed by atoms with van der Waals surface area (Å²) in [6.07, 6.45) is 2.90. The third kappa shape index (κ3) is 15.0. The molecule has 0 spiro atoms. The number of carbonyl (C=O) groups is 4. The Bertz CT molecular complexity index is 817. The Morgan fingerprint density at radius 3 is 1.23 bits per heavy atom. The van der Waals surface area contributed by atoms with E-state index in [1.807, 2.05) is 36.4 Å². The van der Waals surface area contributed by atoms with E-state index in [1.165, 1.54) is 0 Å². The Kier molecular flexibility index (Phi) is 14.4. The largest absolute Gasteiger partial charge is 2.00 e. The van der Waals surface area contributed by atoms with Gasteiger partial charge in [0.25, 0.3) is 0 Å². The SMILES string of the molecule is O=C([O-])C=CC(=O)OCc1ccccc1.O=C([O-])C=CC(=O)OCc1ccccc1.[Zn+2]. The van der Waals surface area contributed by atoms with E-state index in [4.69, 9.17) is 9.47 Å². The number of carboxylic acid groups (broad SMARTS) is 2. The molecule has 0 atom stereocenters. The van der Waals surface area contributed by atoms with Gasteiger partial charge < -0.3 is 29.3 Å². The molecular formula is C22H18O8Zn. The smallest absolute Gasteiger partial charge is 0.545 e. The summed E-state index contributed by atoms with van der Waals surface area (Å²) in [5.74, 6) is -4.26. The van der Waals surface area contributed by atoms with E-state index in [1.54, 1.807) is 24.3 Å². The second-order valence-corrected chi connectivity index (χ2v) is 5.49. The number of benzene rings is 2. The molecule has 0 N–H and O–H groups in total. The van der Waals surface area contributed by atoms with E-state index < -0.39 is 23.9 Å². The molecule has 0 bridgehead atoms. The maximum absolute atomic E-state index is 10.9. The molecule has 156 valence electrons. The topological polar surface area (TPSA) is 133 Å². The standard InChI is InChI=1S/2C11H10O4.Zn/c2*12-10(13)6-7-11(14)15-8-9-4-2-1-3-5-9;/h2*1-7H,8H2,(H,12,13);/q;;+2/p-2. The molecule has 8 nitrogen and oxygen atoms in total. The molecule has 0 fully saturated rings. The molecule has 2 aromatic rings. The van der Waals surface area contributed by atoms with Crippen molar-refractivity contribution in [2.24, 2.45) is 0 Å². The number of ether oxygens (including phenoxy) is 2. The first-order valence-electron chi connectivity index (χ1n) is 8.56. The number of carboxylic acids is 2. The fourth-order valence-corrected chi connectivity index (χ4v) is 1.83. The van der Waals surface area contributed by atoms with Gasteiger partial charge in [-0.05, 0) is 23.3 Å². The quantitative estimate of drug-likeness (QED) is 0.297. The second kappa shape index (κ2) is 16.2. The first-order valence-corrected chi connectivity index (χ1v) is 8.56. The number of hydrogen-bond donors (Lipinski definition) is 0. The van der Waals surface area contributed by atoms with Gasteiger partial charge in [0.1, 0.15) is 13.2 Å². The third-order valence-electron chi connectivity index (χ3n) is 3.16. The van der Waals surface area contributed by atoms with Crippen LogP contribution in [-0.2, 0) is 61.3 Å². The van der Waals surface area contributed by atoms with Crippen LogP contribution in [0.15, 0.2) is 85.0 Å². The van der Waals surface area contributed by atoms with Gasteiger partial charge >= 0.3 is 31.4 Å². The summed E-state index contributed by atoms with van der Waals surface area (Å²) in [4.78, 5) is 41.8. The van der Waals surface area contributed by atoms with Crippen LogP contribution in [0.1, 0.15) is 11.1 Å². The van der Waals surface area contributed by atoms with Crippen molar-refractivity contribution in [3.8, 4) is 0 Å². The van der Waals surface area contributed by atoms with Gasteiger partial charge in [0.2, 0.25) is 0 Å². The molecule has 0 aromatic heterocycles. The molecule has 0 saturated heterocycles. The van der Waals surface area contributed by atoms with Gasteiger partial charge in [-0.15, -0.1) is 0 Å². The average molecular weight is 476 g/mol. The van der Waals surface area contributed by atoms with Crippen LogP contribution < -0.4 is 10.2 Å². The van der Waals surface area contributed by atoms with Crippen LogP contribution in [0.4, 0.5) is 0 Å². The Labute approximate surface area is 191 Å². The Morgan fingerprint density at radius 2 is 0.935 bits per heavy atom. The van der Waals surface area contributed by atoms with E-state index in [0.29, 0.717) is 12.2 Å². The summed E-state index contributed by atoms with van der Waals surface area (Å²) in [7, 11) is 0. The van der Waals surface area contributed by atoms with Crippen LogP contribution in [0.2, 0.25) is 0 Å². The van der Waals surface area contributed by atoms with Crippen molar-refractivity contribution < 1.29 is 58.3 Å². The van der Waals surface area contributed by atoms with Crippen molar-refractivity contribution in [1.29, 1.82) is 0 Å². The van der Waals surface area contributed by atoms with E-state index >= 15 is 0 Å². The van der Waals surface area contributed by atoms with Gasteiger partial charge in [-0.1, -0.05) is 60.7 Å². The van der Waals surface area contributed by atoms with Crippen molar-refractivity contribution in [3.63, 3.8) is 0 Å². The fourth-order valence-electron chi connectivity index (χ4n) is 1.83. The minimum atomic E-state index is -1.42. The van der Waals surface area contributed by atoms with E-state index in [0.717, 1.165) is 23.3 Å². The van der Waals surface area contributed by atoms with Crippen LogP contribution in [0.3, 0.4) is 0 Å². The Balaban J connectivity index is 0.000000562. The van der Waals surface area contributed by atoms with Crippen LogP contribution in [0, 0.1) is 0 Å². The van der Waals surface area contributed by atoms with Gasteiger partial charge in [-0.3, -0.25) is 0 Å². The van der Waals surface area contributed by atoms with Gasteiger partial charge in [0, 0.05) is 12.2 Å². The van der Waals surface area contributed by atoms with Gasteiger partial charge in [-0.25, -0.2) is 9.59 Å². The zero-order valence-electron chi connectivity index (χ0n) is 16.5. The number of carbonyl (C=O) groups excluding carboxylic acids is 4. The van der Waals surface area contributed by atoms with E-state index in [2.05, 4.69) is 0 Å². The zero-order valence-corrected chi connectivity index (χ0v) is 19.4. The van der Waals surface area contributed by atoms with E-state index in [-0.39, 0.29) is 32.7 Å². The summed E-state index contributed by atoms with van der Waals surface area (Å²) in [5, 5.41) is 19.9. The predicted octanol–water partition coefficient (Wildman–Crippen LogP) is 0.0693. The molecule has 2 aromatic carbocycles. The van der Waals surface area contributed by atoms with Gasteiger partial charge in [0.05, 0.1) is 11.9 Å². The molecular weight excluding hydrogens is 458 g/mol. The van der Waals surface area contributed by atoms with Crippen molar-refractivity contribution in [3.05, 3.63) is 96.1 Å². The maximum atomic E-state index is 10.9. The van der Waals surface area contributed by atoms with Crippen LogP contribution in [0.25, 0.3) is 0 Å². The predicted molar refractivity (Wildman–Crippen MR) is 101 cm³/mol. The Hall–Kier alpha value is -3.58. The van der Waals surface area contributed by atoms with Crippen LogP contribution >= 0.6 is 0 Å². The van der Waals surface area contributed by atoms with Crippen molar-refractivity contribution in [2.75, 3.05) is 0 Å². The minimum Gasteiger partial charge on any atom is -0.545 e. The average Bonchev–Trinajstić information content (AvgIpc) is 2.75. The Morgan fingerprint density at radius 1 is 0.613 bits per heavy atom. The summed E-state index contributed by atoms with van der Waals surface area (Å²) < 4.78 is 9.52. The normalized spacial score (nSPS) is 9.81.